The van der Waals surface area contributed by atoms with Crippen molar-refractivity contribution in [1.29, 1.82) is 0 Å². The monoisotopic (exact) mass is 220 g/mol. The minimum Gasteiger partial charge on any atom is -0.480 e. The van der Waals surface area contributed by atoms with Gasteiger partial charge in [-0.05, 0) is 25.2 Å². The highest BCUT2D eigenvalue weighted by Gasteiger charge is 2.53. The zero-order valence-electron chi connectivity index (χ0n) is 7.46. The minimum absolute atomic E-state index is 0.0594. The van der Waals surface area contributed by atoms with Gasteiger partial charge in [0.05, 0.1) is 0 Å². The van der Waals surface area contributed by atoms with Crippen LogP contribution in [-0.2, 0) is 15.0 Å². The maximum Gasteiger partial charge on any atom is 0.322 e. The van der Waals surface area contributed by atoms with Crippen LogP contribution in [0, 0.1) is 5.92 Å². The SMILES string of the molecule is NS(=O)(=O)N1C2CCC(C2)C1C(=O)O. The van der Waals surface area contributed by atoms with E-state index in [1.165, 1.54) is 0 Å². The highest BCUT2D eigenvalue weighted by Crippen LogP contribution is 2.43. The second-order valence-corrected chi connectivity index (χ2v) is 5.34. The van der Waals surface area contributed by atoms with Gasteiger partial charge in [0.2, 0.25) is 0 Å². The number of rotatable bonds is 2. The third kappa shape index (κ3) is 1.32. The molecule has 1 aliphatic carbocycles. The summed E-state index contributed by atoms with van der Waals surface area (Å²) in [7, 11) is -3.88. The van der Waals surface area contributed by atoms with Crippen LogP contribution in [0.1, 0.15) is 19.3 Å². The fraction of sp³-hybridized carbons (Fsp3) is 0.857. The van der Waals surface area contributed by atoms with E-state index < -0.39 is 22.2 Å². The molecular formula is C7H12N2O4S. The molecular weight excluding hydrogens is 208 g/mol. The molecule has 1 heterocycles. The van der Waals surface area contributed by atoms with Gasteiger partial charge >= 0.3 is 5.97 Å². The third-order valence-corrected chi connectivity index (χ3v) is 4.19. The van der Waals surface area contributed by atoms with Gasteiger partial charge in [0.15, 0.2) is 0 Å². The third-order valence-electron chi connectivity index (χ3n) is 3.07. The molecule has 0 radical (unpaired) electrons. The van der Waals surface area contributed by atoms with Gasteiger partial charge in [0.25, 0.3) is 10.2 Å². The van der Waals surface area contributed by atoms with Gasteiger partial charge in [-0.3, -0.25) is 4.79 Å². The summed E-state index contributed by atoms with van der Waals surface area (Å²) in [5, 5.41) is 13.9. The summed E-state index contributed by atoms with van der Waals surface area (Å²) in [5.41, 5.74) is 0. The summed E-state index contributed by atoms with van der Waals surface area (Å²) in [6.45, 7) is 0. The normalized spacial score (nSPS) is 37.6. The van der Waals surface area contributed by atoms with Crippen molar-refractivity contribution in [2.45, 2.75) is 31.3 Å². The smallest absolute Gasteiger partial charge is 0.322 e. The Morgan fingerprint density at radius 1 is 1.43 bits per heavy atom. The highest BCUT2D eigenvalue weighted by molar-refractivity contribution is 7.86. The largest absolute Gasteiger partial charge is 0.480 e. The van der Waals surface area contributed by atoms with Crippen LogP contribution in [0.3, 0.4) is 0 Å². The van der Waals surface area contributed by atoms with Crippen molar-refractivity contribution in [2.75, 3.05) is 0 Å². The van der Waals surface area contributed by atoms with Crippen molar-refractivity contribution in [2.24, 2.45) is 11.1 Å². The van der Waals surface area contributed by atoms with E-state index in [1.54, 1.807) is 0 Å². The summed E-state index contributed by atoms with van der Waals surface area (Å²) in [4.78, 5) is 10.9. The summed E-state index contributed by atoms with van der Waals surface area (Å²) in [6.07, 6.45) is 2.14. The molecule has 2 fully saturated rings. The van der Waals surface area contributed by atoms with Gasteiger partial charge in [-0.25, -0.2) is 5.14 Å². The van der Waals surface area contributed by atoms with Crippen molar-refractivity contribution in [3.8, 4) is 0 Å². The first-order valence-electron chi connectivity index (χ1n) is 4.45. The van der Waals surface area contributed by atoms with E-state index in [1.807, 2.05) is 0 Å². The molecule has 0 spiro atoms. The van der Waals surface area contributed by atoms with Gasteiger partial charge in [-0.2, -0.15) is 12.7 Å². The zero-order valence-corrected chi connectivity index (χ0v) is 8.27. The number of nitrogens with two attached hydrogens (primary N) is 1. The number of carboxylic acids is 1. The molecule has 0 aromatic rings. The van der Waals surface area contributed by atoms with E-state index in [0.29, 0.717) is 6.42 Å². The molecule has 1 saturated carbocycles. The number of hydrogen-bond acceptors (Lipinski definition) is 3. The van der Waals surface area contributed by atoms with Crippen molar-refractivity contribution in [3.63, 3.8) is 0 Å². The van der Waals surface area contributed by atoms with Crippen LogP contribution in [0.2, 0.25) is 0 Å². The molecule has 2 aliphatic rings. The minimum atomic E-state index is -3.88. The van der Waals surface area contributed by atoms with Crippen molar-refractivity contribution < 1.29 is 18.3 Å². The molecule has 80 valence electrons. The lowest BCUT2D eigenvalue weighted by atomic mass is 10.0. The van der Waals surface area contributed by atoms with Gasteiger partial charge in [-0.15, -0.1) is 0 Å². The van der Waals surface area contributed by atoms with Crippen LogP contribution >= 0.6 is 0 Å². The Morgan fingerprint density at radius 3 is 2.50 bits per heavy atom. The van der Waals surface area contributed by atoms with Gasteiger partial charge in [-0.1, -0.05) is 0 Å². The second kappa shape index (κ2) is 2.91. The number of nitrogens with zero attached hydrogens (tertiary/aromatic N) is 1. The molecule has 7 heteroatoms. The number of hydrogen-bond donors (Lipinski definition) is 2. The molecule has 0 aromatic carbocycles. The molecule has 0 aromatic heterocycles. The molecule has 3 N–H and O–H groups in total. The lowest BCUT2D eigenvalue weighted by molar-refractivity contribution is -0.142. The average molecular weight is 220 g/mol. The lowest BCUT2D eigenvalue weighted by Gasteiger charge is -2.29. The predicted octanol–water partition coefficient (Wildman–Crippen LogP) is -0.873. The van der Waals surface area contributed by atoms with E-state index in [4.69, 9.17) is 10.2 Å². The summed E-state index contributed by atoms with van der Waals surface area (Å²) in [6, 6.07) is -1.14. The molecule has 3 unspecified atom stereocenters. The Kier molecular flexibility index (Phi) is 2.06. The maximum absolute atomic E-state index is 11.2. The Balaban J connectivity index is 2.35. The first-order valence-corrected chi connectivity index (χ1v) is 5.95. The first-order chi connectivity index (χ1) is 6.41. The first kappa shape index (κ1) is 9.88. The van der Waals surface area contributed by atoms with E-state index >= 15 is 0 Å². The molecule has 2 bridgehead atoms. The maximum atomic E-state index is 11.2. The standard InChI is InChI=1S/C7H12N2O4S/c8-14(12,13)9-5-2-1-4(3-5)6(9)7(10)11/h4-6H,1-3H2,(H,10,11)(H2,8,12,13). The zero-order chi connectivity index (χ0) is 10.5. The van der Waals surface area contributed by atoms with E-state index in [-0.39, 0.29) is 12.0 Å². The van der Waals surface area contributed by atoms with Gasteiger partial charge in [0, 0.05) is 6.04 Å². The number of fused-ring (bicyclic) bond motifs is 2. The van der Waals surface area contributed by atoms with Crippen molar-refractivity contribution in [3.05, 3.63) is 0 Å². The molecule has 0 amide bonds. The Hall–Kier alpha value is -0.660. The second-order valence-electron chi connectivity index (χ2n) is 3.88. The predicted molar refractivity (Wildman–Crippen MR) is 47.5 cm³/mol. The number of piperidine rings is 1. The van der Waals surface area contributed by atoms with Crippen LogP contribution in [0.25, 0.3) is 0 Å². The van der Waals surface area contributed by atoms with Crippen LogP contribution in [0.15, 0.2) is 0 Å². The molecule has 3 atom stereocenters. The van der Waals surface area contributed by atoms with Crippen LogP contribution in [-0.4, -0.2) is 35.9 Å². The van der Waals surface area contributed by atoms with E-state index in [9.17, 15) is 13.2 Å². The van der Waals surface area contributed by atoms with Crippen LogP contribution in [0.4, 0.5) is 0 Å². The fourth-order valence-electron chi connectivity index (χ4n) is 2.62. The lowest BCUT2D eigenvalue weighted by Crippen LogP contribution is -2.51. The van der Waals surface area contributed by atoms with Crippen LogP contribution in [0.5, 0.6) is 0 Å². The van der Waals surface area contributed by atoms with Crippen molar-refractivity contribution >= 4 is 16.2 Å². The summed E-state index contributed by atoms with van der Waals surface area (Å²) < 4.78 is 23.3. The highest BCUT2D eigenvalue weighted by atomic mass is 32.2. The van der Waals surface area contributed by atoms with E-state index in [0.717, 1.165) is 17.1 Å². The topological polar surface area (TPSA) is 101 Å². The fourth-order valence-corrected chi connectivity index (χ4v) is 3.81. The Labute approximate surface area is 81.9 Å². The molecule has 1 aliphatic heterocycles. The molecule has 2 rings (SSSR count). The van der Waals surface area contributed by atoms with E-state index in [2.05, 4.69) is 0 Å². The summed E-state index contributed by atoms with van der Waals surface area (Å²) in [5.74, 6) is -1.15. The number of carbonyl (C=O) groups is 1. The van der Waals surface area contributed by atoms with Crippen molar-refractivity contribution in [1.82, 2.24) is 4.31 Å². The van der Waals surface area contributed by atoms with Gasteiger partial charge < -0.3 is 5.11 Å². The van der Waals surface area contributed by atoms with Crippen LogP contribution < -0.4 is 5.14 Å². The summed E-state index contributed by atoms with van der Waals surface area (Å²) >= 11 is 0. The number of carboxylic acid groups (broad SMARTS) is 1. The van der Waals surface area contributed by atoms with Gasteiger partial charge in [0.1, 0.15) is 6.04 Å². The molecule has 6 nitrogen and oxygen atoms in total. The molecule has 1 saturated heterocycles. The average Bonchev–Trinajstić information content (AvgIpc) is 2.58. The Morgan fingerprint density at radius 2 is 2.07 bits per heavy atom. The quantitative estimate of drug-likeness (QED) is 0.631. The molecule has 14 heavy (non-hydrogen) atoms. The Bertz CT molecular complexity index is 366. The number of aliphatic carboxylic acids is 1.